The monoisotopic (exact) mass is 365 g/mol. The van der Waals surface area contributed by atoms with Gasteiger partial charge in [-0.3, -0.25) is 5.10 Å². The van der Waals surface area contributed by atoms with Crippen molar-refractivity contribution in [2.45, 2.75) is 26.3 Å². The van der Waals surface area contributed by atoms with Crippen molar-refractivity contribution in [3.8, 4) is 22.6 Å². The van der Waals surface area contributed by atoms with E-state index in [0.717, 1.165) is 52.7 Å². The van der Waals surface area contributed by atoms with E-state index in [0.29, 0.717) is 5.13 Å². The highest BCUT2D eigenvalue weighted by Crippen LogP contribution is 2.30. The summed E-state index contributed by atoms with van der Waals surface area (Å²) in [6.07, 6.45) is 3.65. The molecule has 0 saturated carbocycles. The number of anilines is 1. The standard InChI is InChI=1S/C18H19N7S/c1-12-10-14(22-21-12)17-16(13-6-3-2-4-7-13)20-11-25(17)9-5-8-15-23-24-18(19)26-15/h2-4,6-7,10-11H,5,8-9H2,1H3,(H2,19,24)(H,21,22). The molecule has 7 nitrogen and oxygen atoms in total. The SMILES string of the molecule is Cc1cc(-c2c(-c3ccccc3)ncn2CCCc2nnc(N)s2)n[nH]1. The molecule has 4 aromatic rings. The maximum atomic E-state index is 5.65. The Labute approximate surface area is 154 Å². The van der Waals surface area contributed by atoms with Gasteiger partial charge in [-0.05, 0) is 19.4 Å². The summed E-state index contributed by atoms with van der Waals surface area (Å²) in [6.45, 7) is 2.82. The van der Waals surface area contributed by atoms with Crippen molar-refractivity contribution in [2.24, 2.45) is 0 Å². The van der Waals surface area contributed by atoms with Gasteiger partial charge in [-0.2, -0.15) is 5.10 Å². The van der Waals surface area contributed by atoms with Gasteiger partial charge >= 0.3 is 0 Å². The molecule has 3 aromatic heterocycles. The number of H-pyrrole nitrogens is 1. The van der Waals surface area contributed by atoms with Crippen LogP contribution in [0.4, 0.5) is 5.13 Å². The molecule has 0 aliphatic heterocycles. The summed E-state index contributed by atoms with van der Waals surface area (Å²) in [5.74, 6) is 0. The molecular weight excluding hydrogens is 346 g/mol. The van der Waals surface area contributed by atoms with Crippen molar-refractivity contribution in [3.63, 3.8) is 0 Å². The highest BCUT2D eigenvalue weighted by molar-refractivity contribution is 7.15. The number of nitrogens with one attached hydrogen (secondary N) is 1. The van der Waals surface area contributed by atoms with Gasteiger partial charge in [-0.1, -0.05) is 41.7 Å². The van der Waals surface area contributed by atoms with Crippen LogP contribution in [0.1, 0.15) is 17.1 Å². The molecule has 132 valence electrons. The molecular formula is C18H19N7S. The Bertz CT molecular complexity index is 1000. The smallest absolute Gasteiger partial charge is 0.203 e. The average molecular weight is 365 g/mol. The molecule has 26 heavy (non-hydrogen) atoms. The van der Waals surface area contributed by atoms with Crippen molar-refractivity contribution in [1.82, 2.24) is 29.9 Å². The predicted octanol–water partition coefficient (Wildman–Crippen LogP) is 3.32. The first-order chi connectivity index (χ1) is 12.7. The Hall–Kier alpha value is -3.00. The zero-order chi connectivity index (χ0) is 17.9. The van der Waals surface area contributed by atoms with Gasteiger partial charge in [0.2, 0.25) is 5.13 Å². The van der Waals surface area contributed by atoms with Crippen molar-refractivity contribution in [1.29, 1.82) is 0 Å². The van der Waals surface area contributed by atoms with Crippen molar-refractivity contribution >= 4 is 16.5 Å². The number of aryl methyl sites for hydroxylation is 3. The van der Waals surface area contributed by atoms with Crippen LogP contribution in [0.5, 0.6) is 0 Å². The van der Waals surface area contributed by atoms with Crippen molar-refractivity contribution in [2.75, 3.05) is 5.73 Å². The van der Waals surface area contributed by atoms with E-state index in [1.807, 2.05) is 37.5 Å². The molecule has 0 aliphatic rings. The maximum Gasteiger partial charge on any atom is 0.203 e. The molecule has 3 heterocycles. The summed E-state index contributed by atoms with van der Waals surface area (Å²) in [5.41, 5.74) is 10.6. The van der Waals surface area contributed by atoms with Crippen LogP contribution in [0.25, 0.3) is 22.6 Å². The normalized spacial score (nSPS) is 11.1. The summed E-state index contributed by atoms with van der Waals surface area (Å²) >= 11 is 1.44. The zero-order valence-electron chi connectivity index (χ0n) is 14.4. The molecule has 0 unspecified atom stereocenters. The molecule has 4 rings (SSSR count). The molecule has 1 aromatic carbocycles. The number of aromatic nitrogens is 6. The van der Waals surface area contributed by atoms with Gasteiger partial charge in [-0.15, -0.1) is 10.2 Å². The van der Waals surface area contributed by atoms with E-state index in [9.17, 15) is 0 Å². The summed E-state index contributed by atoms with van der Waals surface area (Å²) in [7, 11) is 0. The highest BCUT2D eigenvalue weighted by atomic mass is 32.1. The molecule has 0 aliphatic carbocycles. The number of nitrogen functional groups attached to an aromatic ring is 1. The Kier molecular flexibility index (Phi) is 4.49. The van der Waals surface area contributed by atoms with Gasteiger partial charge < -0.3 is 10.3 Å². The highest BCUT2D eigenvalue weighted by Gasteiger charge is 2.17. The van der Waals surface area contributed by atoms with E-state index >= 15 is 0 Å². The Morgan fingerprint density at radius 1 is 1.19 bits per heavy atom. The first-order valence-corrected chi connectivity index (χ1v) is 9.23. The van der Waals surface area contributed by atoms with Gasteiger partial charge in [0.1, 0.15) is 10.7 Å². The number of hydrogen-bond donors (Lipinski definition) is 2. The van der Waals surface area contributed by atoms with Crippen LogP contribution in [-0.4, -0.2) is 29.9 Å². The Balaban J connectivity index is 1.62. The fourth-order valence-electron chi connectivity index (χ4n) is 2.94. The number of hydrogen-bond acceptors (Lipinski definition) is 6. The van der Waals surface area contributed by atoms with E-state index in [2.05, 4.69) is 42.1 Å². The average Bonchev–Trinajstić information content (AvgIpc) is 3.36. The predicted molar refractivity (Wildman–Crippen MR) is 103 cm³/mol. The number of nitrogens with zero attached hydrogens (tertiary/aromatic N) is 5. The minimum Gasteiger partial charge on any atom is -0.374 e. The lowest BCUT2D eigenvalue weighted by atomic mass is 10.1. The van der Waals surface area contributed by atoms with Crippen LogP contribution < -0.4 is 5.73 Å². The molecule has 0 fully saturated rings. The minimum atomic E-state index is 0.515. The van der Waals surface area contributed by atoms with Crippen LogP contribution in [0, 0.1) is 6.92 Å². The second-order valence-electron chi connectivity index (χ2n) is 6.07. The lowest BCUT2D eigenvalue weighted by molar-refractivity contribution is 0.642. The number of rotatable bonds is 6. The molecule has 0 radical (unpaired) electrons. The fraction of sp³-hybridized carbons (Fsp3) is 0.222. The van der Waals surface area contributed by atoms with Gasteiger partial charge in [0, 0.05) is 24.2 Å². The zero-order valence-corrected chi connectivity index (χ0v) is 15.2. The molecule has 3 N–H and O–H groups in total. The molecule has 0 atom stereocenters. The quantitative estimate of drug-likeness (QED) is 0.546. The van der Waals surface area contributed by atoms with E-state index in [-0.39, 0.29) is 0 Å². The third-order valence-electron chi connectivity index (χ3n) is 4.11. The van der Waals surface area contributed by atoms with Crippen molar-refractivity contribution in [3.05, 3.63) is 53.4 Å². The third-order valence-corrected chi connectivity index (χ3v) is 4.92. The summed E-state index contributed by atoms with van der Waals surface area (Å²) < 4.78 is 2.16. The number of benzene rings is 1. The Morgan fingerprint density at radius 3 is 2.73 bits per heavy atom. The van der Waals surface area contributed by atoms with Crippen LogP contribution in [0.3, 0.4) is 0 Å². The molecule has 0 saturated heterocycles. The van der Waals surface area contributed by atoms with E-state index in [1.165, 1.54) is 11.3 Å². The largest absolute Gasteiger partial charge is 0.374 e. The summed E-state index contributed by atoms with van der Waals surface area (Å²) in [6, 6.07) is 12.2. The lowest BCUT2D eigenvalue weighted by Crippen LogP contribution is -2.01. The topological polar surface area (TPSA) is 98.3 Å². The molecule has 8 heteroatoms. The first kappa shape index (κ1) is 16.5. The molecule has 0 bridgehead atoms. The second kappa shape index (κ2) is 7.09. The summed E-state index contributed by atoms with van der Waals surface area (Å²) in [4.78, 5) is 4.67. The summed E-state index contributed by atoms with van der Waals surface area (Å²) in [5, 5.41) is 16.9. The van der Waals surface area contributed by atoms with Gasteiger partial charge in [0.15, 0.2) is 0 Å². The van der Waals surface area contributed by atoms with Crippen LogP contribution >= 0.6 is 11.3 Å². The van der Waals surface area contributed by atoms with Gasteiger partial charge in [-0.25, -0.2) is 4.98 Å². The van der Waals surface area contributed by atoms with Crippen LogP contribution in [-0.2, 0) is 13.0 Å². The number of imidazole rings is 1. The fourth-order valence-corrected chi connectivity index (χ4v) is 3.59. The first-order valence-electron chi connectivity index (χ1n) is 8.41. The molecule has 0 spiro atoms. The van der Waals surface area contributed by atoms with Gasteiger partial charge in [0.05, 0.1) is 17.7 Å². The number of aromatic amines is 1. The van der Waals surface area contributed by atoms with E-state index < -0.39 is 0 Å². The second-order valence-corrected chi connectivity index (χ2v) is 7.17. The number of nitrogens with two attached hydrogens (primary N) is 1. The van der Waals surface area contributed by atoms with Crippen LogP contribution in [0.15, 0.2) is 42.7 Å². The third kappa shape index (κ3) is 3.36. The lowest BCUT2D eigenvalue weighted by Gasteiger charge is -2.08. The maximum absolute atomic E-state index is 5.65. The van der Waals surface area contributed by atoms with Crippen LogP contribution in [0.2, 0.25) is 0 Å². The van der Waals surface area contributed by atoms with E-state index in [4.69, 9.17) is 5.73 Å². The Morgan fingerprint density at radius 2 is 2.04 bits per heavy atom. The van der Waals surface area contributed by atoms with Crippen molar-refractivity contribution < 1.29 is 0 Å². The van der Waals surface area contributed by atoms with Gasteiger partial charge in [0.25, 0.3) is 0 Å². The minimum absolute atomic E-state index is 0.515. The van der Waals surface area contributed by atoms with E-state index in [1.54, 1.807) is 0 Å². The molecule has 0 amide bonds.